The molecular weight excluding hydrogens is 438 g/mol. The summed E-state index contributed by atoms with van der Waals surface area (Å²) in [6.45, 7) is 2.47. The summed E-state index contributed by atoms with van der Waals surface area (Å²) in [4.78, 5) is 16.4. The lowest BCUT2D eigenvalue weighted by Crippen LogP contribution is -2.41. The lowest BCUT2D eigenvalue weighted by Gasteiger charge is -2.19. The quantitative estimate of drug-likeness (QED) is 0.473. The minimum atomic E-state index is -3.68. The van der Waals surface area contributed by atoms with E-state index in [1.54, 1.807) is 43.6 Å². The first kappa shape index (κ1) is 24.7. The third-order valence-corrected chi connectivity index (χ3v) is 6.35. The number of hydrogen-bond acceptors (Lipinski definition) is 6. The first-order chi connectivity index (χ1) is 14.4. The average molecular weight is 464 g/mol. The van der Waals surface area contributed by atoms with Gasteiger partial charge in [-0.1, -0.05) is 36.4 Å². The Morgan fingerprint density at radius 1 is 1.06 bits per heavy atom. The van der Waals surface area contributed by atoms with Gasteiger partial charge >= 0.3 is 5.97 Å². The van der Waals surface area contributed by atoms with Gasteiger partial charge in [-0.2, -0.15) is 0 Å². The average Bonchev–Trinajstić information content (AvgIpc) is 2.76. The van der Waals surface area contributed by atoms with Crippen LogP contribution in [0.3, 0.4) is 0 Å². The number of nitrogens with zero attached hydrogens (tertiary/aromatic N) is 1. The van der Waals surface area contributed by atoms with Gasteiger partial charge in [-0.3, -0.25) is 9.78 Å². The number of fused-ring (bicyclic) bond motifs is 1. The normalized spacial score (nSPS) is 13.2. The summed E-state index contributed by atoms with van der Waals surface area (Å²) in [7, 11) is -2.32. The van der Waals surface area contributed by atoms with E-state index in [9.17, 15) is 13.2 Å². The maximum absolute atomic E-state index is 12.7. The molecule has 0 radical (unpaired) electrons. The number of nitrogens with one attached hydrogen (secondary N) is 2. The van der Waals surface area contributed by atoms with Crippen molar-refractivity contribution in [3.63, 3.8) is 0 Å². The van der Waals surface area contributed by atoms with E-state index in [1.807, 2.05) is 30.3 Å². The predicted octanol–water partition coefficient (Wildman–Crippen LogP) is 2.87. The van der Waals surface area contributed by atoms with E-state index in [1.165, 1.54) is 7.11 Å². The van der Waals surface area contributed by atoms with Crippen LogP contribution in [-0.4, -0.2) is 45.6 Å². The summed E-state index contributed by atoms with van der Waals surface area (Å²) < 4.78 is 33.0. The highest BCUT2D eigenvalue weighted by Crippen LogP contribution is 2.19. The van der Waals surface area contributed by atoms with Gasteiger partial charge in [0.1, 0.15) is 0 Å². The van der Waals surface area contributed by atoms with E-state index in [4.69, 9.17) is 4.74 Å². The standard InChI is InChI=1S/C22H25N3O4S.ClH/c1-16(13-24-15-21(22(26)29-2)17-6-4-3-5-7-17)25-30(27,28)20-9-8-19-14-23-11-10-18(19)12-20;/h3-12,14,16,21,24-25H,13,15H2,1-2H3;1H/t16-,21?;/m1./s1. The summed E-state index contributed by atoms with van der Waals surface area (Å²) in [5.41, 5.74) is 0.843. The first-order valence-corrected chi connectivity index (χ1v) is 11.1. The van der Waals surface area contributed by atoms with Crippen LogP contribution in [0.2, 0.25) is 0 Å². The number of aromatic nitrogens is 1. The highest BCUT2D eigenvalue weighted by molar-refractivity contribution is 7.89. The van der Waals surface area contributed by atoms with Crippen LogP contribution in [0.1, 0.15) is 18.4 Å². The van der Waals surface area contributed by atoms with Crippen LogP contribution < -0.4 is 10.0 Å². The minimum Gasteiger partial charge on any atom is -0.469 e. The number of rotatable bonds is 9. The van der Waals surface area contributed by atoms with Gasteiger partial charge in [-0.05, 0) is 36.1 Å². The van der Waals surface area contributed by atoms with Crippen LogP contribution in [-0.2, 0) is 19.6 Å². The molecule has 9 heteroatoms. The molecule has 7 nitrogen and oxygen atoms in total. The molecular formula is C22H26ClN3O4S. The molecule has 0 amide bonds. The van der Waals surface area contributed by atoms with Crippen LogP contribution in [0.25, 0.3) is 10.8 Å². The topological polar surface area (TPSA) is 97.4 Å². The van der Waals surface area contributed by atoms with E-state index >= 15 is 0 Å². The molecule has 166 valence electrons. The fourth-order valence-corrected chi connectivity index (χ4v) is 4.49. The van der Waals surface area contributed by atoms with Crippen LogP contribution in [0.5, 0.6) is 0 Å². The zero-order chi connectivity index (χ0) is 21.6. The zero-order valence-electron chi connectivity index (χ0n) is 17.3. The molecule has 1 unspecified atom stereocenters. The lowest BCUT2D eigenvalue weighted by molar-refractivity contribution is -0.142. The Hall–Kier alpha value is -2.52. The van der Waals surface area contributed by atoms with Gasteiger partial charge in [-0.25, -0.2) is 13.1 Å². The number of pyridine rings is 1. The molecule has 1 aromatic heterocycles. The number of carbonyl (C=O) groups excluding carboxylic acids is 1. The largest absolute Gasteiger partial charge is 0.469 e. The van der Waals surface area contributed by atoms with Crippen LogP contribution in [0.15, 0.2) is 71.9 Å². The smallest absolute Gasteiger partial charge is 0.314 e. The van der Waals surface area contributed by atoms with E-state index < -0.39 is 15.9 Å². The van der Waals surface area contributed by atoms with Crippen LogP contribution >= 0.6 is 12.4 Å². The fraction of sp³-hybridized carbons (Fsp3) is 0.273. The van der Waals surface area contributed by atoms with Gasteiger partial charge < -0.3 is 10.1 Å². The molecule has 0 aliphatic carbocycles. The molecule has 31 heavy (non-hydrogen) atoms. The number of halogens is 1. The molecule has 0 spiro atoms. The summed E-state index contributed by atoms with van der Waals surface area (Å²) in [6.07, 6.45) is 3.32. The number of methoxy groups -OCH3 is 1. The van der Waals surface area contributed by atoms with Crippen molar-refractivity contribution in [2.75, 3.05) is 20.2 Å². The molecule has 0 saturated carbocycles. The molecule has 0 fully saturated rings. The molecule has 2 aromatic carbocycles. The molecule has 2 N–H and O–H groups in total. The van der Waals surface area contributed by atoms with E-state index in [2.05, 4.69) is 15.0 Å². The molecule has 0 aliphatic rings. The van der Waals surface area contributed by atoms with Crippen molar-refractivity contribution in [2.24, 2.45) is 0 Å². The van der Waals surface area contributed by atoms with Crippen LogP contribution in [0, 0.1) is 0 Å². The van der Waals surface area contributed by atoms with Crippen LogP contribution in [0.4, 0.5) is 0 Å². The Morgan fingerprint density at radius 3 is 2.52 bits per heavy atom. The number of sulfonamides is 1. The van der Waals surface area contributed by atoms with Gasteiger partial charge in [-0.15, -0.1) is 12.4 Å². The van der Waals surface area contributed by atoms with E-state index in [0.717, 1.165) is 16.3 Å². The number of ether oxygens (including phenoxy) is 1. The first-order valence-electron chi connectivity index (χ1n) is 9.60. The van der Waals surface area contributed by atoms with Crippen molar-refractivity contribution in [3.8, 4) is 0 Å². The minimum absolute atomic E-state index is 0. The molecule has 0 aliphatic heterocycles. The summed E-state index contributed by atoms with van der Waals surface area (Å²) in [5.74, 6) is -0.804. The summed E-state index contributed by atoms with van der Waals surface area (Å²) >= 11 is 0. The Morgan fingerprint density at radius 2 is 1.81 bits per heavy atom. The van der Waals surface area contributed by atoms with Crippen molar-refractivity contribution in [3.05, 3.63) is 72.6 Å². The predicted molar refractivity (Wildman–Crippen MR) is 123 cm³/mol. The SMILES string of the molecule is COC(=O)C(CNC[C@@H](C)NS(=O)(=O)c1ccc2cnccc2c1)c1ccccc1.Cl. The Labute approximate surface area is 188 Å². The Balaban J connectivity index is 0.00000341. The number of hydrogen-bond donors (Lipinski definition) is 2. The fourth-order valence-electron chi connectivity index (χ4n) is 3.21. The highest BCUT2D eigenvalue weighted by Gasteiger charge is 2.22. The zero-order valence-corrected chi connectivity index (χ0v) is 18.9. The number of carbonyl (C=O) groups is 1. The van der Waals surface area contributed by atoms with E-state index in [0.29, 0.717) is 13.1 Å². The molecule has 0 saturated heterocycles. The van der Waals surface area contributed by atoms with Gasteiger partial charge in [0.2, 0.25) is 10.0 Å². The highest BCUT2D eigenvalue weighted by atomic mass is 35.5. The molecule has 3 rings (SSSR count). The summed E-state index contributed by atoms with van der Waals surface area (Å²) in [6, 6.07) is 15.7. The van der Waals surface area contributed by atoms with E-state index in [-0.39, 0.29) is 29.3 Å². The van der Waals surface area contributed by atoms with Crippen molar-refractivity contribution < 1.29 is 17.9 Å². The van der Waals surface area contributed by atoms with Gasteiger partial charge in [0.15, 0.2) is 0 Å². The maximum atomic E-state index is 12.7. The van der Waals surface area contributed by atoms with Gasteiger partial charge in [0.25, 0.3) is 0 Å². The Bertz CT molecular complexity index is 1110. The molecule has 3 aromatic rings. The molecule has 0 bridgehead atoms. The van der Waals surface area contributed by atoms with Crippen molar-refractivity contribution in [1.29, 1.82) is 0 Å². The third-order valence-electron chi connectivity index (χ3n) is 4.77. The van der Waals surface area contributed by atoms with Gasteiger partial charge in [0, 0.05) is 36.9 Å². The monoisotopic (exact) mass is 463 g/mol. The maximum Gasteiger partial charge on any atom is 0.314 e. The number of benzene rings is 2. The molecule has 1 heterocycles. The second kappa shape index (κ2) is 11.2. The lowest BCUT2D eigenvalue weighted by atomic mass is 9.99. The van der Waals surface area contributed by atoms with Crippen molar-refractivity contribution in [2.45, 2.75) is 23.8 Å². The second-order valence-corrected chi connectivity index (χ2v) is 8.77. The number of esters is 1. The van der Waals surface area contributed by atoms with Gasteiger partial charge in [0.05, 0.1) is 17.9 Å². The van der Waals surface area contributed by atoms with Crippen molar-refractivity contribution >= 4 is 39.2 Å². The second-order valence-electron chi connectivity index (χ2n) is 7.05. The van der Waals surface area contributed by atoms with Crippen molar-refractivity contribution in [1.82, 2.24) is 15.0 Å². The third kappa shape index (κ3) is 6.48. The molecule has 2 atom stereocenters. The Kier molecular flexibility index (Phi) is 8.94. The summed E-state index contributed by atoms with van der Waals surface area (Å²) in [5, 5.41) is 4.85.